The van der Waals surface area contributed by atoms with Gasteiger partial charge in [0.15, 0.2) is 0 Å². The highest BCUT2D eigenvalue weighted by Crippen LogP contribution is 2.38. The lowest BCUT2D eigenvalue weighted by atomic mass is 9.96. The van der Waals surface area contributed by atoms with Crippen LogP contribution in [0.15, 0.2) is 42.5 Å². The number of likely N-dealkylation sites (N-methyl/N-ethyl adjacent to an activating group) is 1. The van der Waals surface area contributed by atoms with Crippen LogP contribution in [0.3, 0.4) is 0 Å². The second kappa shape index (κ2) is 9.73. The Hall–Kier alpha value is -3.34. The van der Waals surface area contributed by atoms with Crippen molar-refractivity contribution in [3.05, 3.63) is 65.1 Å². The Morgan fingerprint density at radius 3 is 2.71 bits per heavy atom. The van der Waals surface area contributed by atoms with E-state index in [4.69, 9.17) is 5.73 Å². The molecule has 184 valence electrons. The van der Waals surface area contributed by atoms with Crippen LogP contribution in [-0.4, -0.2) is 46.4 Å². The van der Waals surface area contributed by atoms with Gasteiger partial charge in [-0.25, -0.2) is 9.37 Å². The van der Waals surface area contributed by atoms with E-state index in [9.17, 15) is 19.1 Å². The second-order valence-corrected chi connectivity index (χ2v) is 10.1. The van der Waals surface area contributed by atoms with Crippen LogP contribution in [0.2, 0.25) is 0 Å². The molecular weight excluding hydrogens is 469 g/mol. The number of primary amides is 1. The smallest absolute Gasteiger partial charge is 0.251 e. The molecule has 1 aliphatic rings. The molecule has 0 bridgehead atoms. The molecule has 1 aliphatic heterocycles. The van der Waals surface area contributed by atoms with Crippen molar-refractivity contribution in [1.82, 2.24) is 15.2 Å². The van der Waals surface area contributed by atoms with Crippen LogP contribution >= 0.6 is 11.3 Å². The molecule has 1 fully saturated rings. The molecule has 10 heteroatoms. The lowest BCUT2D eigenvalue weighted by molar-refractivity contribution is -0.128. The number of nitrogens with one attached hydrogen (secondary N) is 2. The highest BCUT2D eigenvalue weighted by atomic mass is 32.1. The molecule has 8 nitrogen and oxygen atoms in total. The van der Waals surface area contributed by atoms with E-state index in [1.165, 1.54) is 17.4 Å². The molecule has 3 aromatic rings. The van der Waals surface area contributed by atoms with E-state index < -0.39 is 17.3 Å². The summed E-state index contributed by atoms with van der Waals surface area (Å²) in [4.78, 5) is 31.0. The zero-order valence-corrected chi connectivity index (χ0v) is 20.6. The Morgan fingerprint density at radius 2 is 2.09 bits per heavy atom. The summed E-state index contributed by atoms with van der Waals surface area (Å²) in [5.74, 6) is -0.593. The molecule has 1 atom stereocenters. The number of halogens is 1. The fraction of sp³-hybridized carbons (Fsp3) is 0.320. The largest absolute Gasteiger partial charge is 0.386 e. The molecule has 2 aromatic heterocycles. The standard InChI is InChI=1S/C25H28FN5O3S/c1-25(2,34)14-7-8-16(18(26)11-14)20-12-17(22(27)32)23(35-20)30-21-6-4-5-15(29-21)13-28-19-9-10-31(3)24(19)33/h4-8,11-12,19,28,34H,9-10,13H2,1-3H3,(H2,27,32)(H,29,30). The predicted molar refractivity (Wildman–Crippen MR) is 134 cm³/mol. The monoisotopic (exact) mass is 497 g/mol. The summed E-state index contributed by atoms with van der Waals surface area (Å²) < 4.78 is 14.9. The number of pyridine rings is 1. The van der Waals surface area contributed by atoms with Crippen molar-refractivity contribution in [3.8, 4) is 10.4 Å². The number of carbonyl (C=O) groups is 2. The molecule has 1 saturated heterocycles. The number of thiophene rings is 1. The molecule has 4 rings (SSSR count). The van der Waals surface area contributed by atoms with Gasteiger partial charge in [0, 0.05) is 30.6 Å². The van der Waals surface area contributed by atoms with Crippen molar-refractivity contribution in [3.63, 3.8) is 0 Å². The minimum Gasteiger partial charge on any atom is -0.386 e. The number of nitrogens with zero attached hydrogens (tertiary/aromatic N) is 2. The maximum Gasteiger partial charge on any atom is 0.251 e. The van der Waals surface area contributed by atoms with Crippen molar-refractivity contribution in [1.29, 1.82) is 0 Å². The van der Waals surface area contributed by atoms with Crippen LogP contribution in [-0.2, 0) is 16.9 Å². The molecule has 0 radical (unpaired) electrons. The minimum atomic E-state index is -1.17. The van der Waals surface area contributed by atoms with E-state index in [-0.39, 0.29) is 17.5 Å². The Balaban J connectivity index is 1.55. The van der Waals surface area contributed by atoms with E-state index in [1.807, 2.05) is 12.1 Å². The second-order valence-electron chi connectivity index (χ2n) is 9.09. The minimum absolute atomic E-state index is 0.0688. The molecule has 5 N–H and O–H groups in total. The first-order valence-electron chi connectivity index (χ1n) is 11.2. The summed E-state index contributed by atoms with van der Waals surface area (Å²) in [6.45, 7) is 4.31. The Labute approximate surface area is 207 Å². The first kappa shape index (κ1) is 24.8. The maximum absolute atomic E-state index is 14.9. The molecule has 0 aliphatic carbocycles. The van der Waals surface area contributed by atoms with Crippen LogP contribution in [0.4, 0.5) is 15.2 Å². The number of aromatic nitrogens is 1. The number of nitrogens with two attached hydrogens (primary N) is 1. The predicted octanol–water partition coefficient (Wildman–Crippen LogP) is 3.34. The highest BCUT2D eigenvalue weighted by Gasteiger charge is 2.28. The van der Waals surface area contributed by atoms with Gasteiger partial charge in [0.2, 0.25) is 5.91 Å². The maximum atomic E-state index is 14.9. The van der Waals surface area contributed by atoms with Crippen molar-refractivity contribution in [2.45, 2.75) is 38.5 Å². The quantitative estimate of drug-likeness (QED) is 0.379. The lowest BCUT2D eigenvalue weighted by Gasteiger charge is -2.18. The van der Waals surface area contributed by atoms with Gasteiger partial charge in [-0.05, 0) is 50.1 Å². The van der Waals surface area contributed by atoms with Gasteiger partial charge in [0.05, 0.1) is 22.9 Å². The van der Waals surface area contributed by atoms with Gasteiger partial charge in [-0.15, -0.1) is 11.3 Å². The third-order valence-corrected chi connectivity index (χ3v) is 7.03. The summed E-state index contributed by atoms with van der Waals surface area (Å²) >= 11 is 1.18. The number of benzene rings is 1. The summed E-state index contributed by atoms with van der Waals surface area (Å²) in [5, 5.41) is 16.9. The van der Waals surface area contributed by atoms with Crippen LogP contribution in [0.1, 0.15) is 41.9 Å². The zero-order chi connectivity index (χ0) is 25.3. The number of aliphatic hydroxyl groups is 1. The molecule has 3 heterocycles. The van der Waals surface area contributed by atoms with Gasteiger partial charge < -0.3 is 26.4 Å². The number of amides is 2. The van der Waals surface area contributed by atoms with Crippen molar-refractivity contribution in [2.24, 2.45) is 5.73 Å². The summed E-state index contributed by atoms with van der Waals surface area (Å²) in [6, 6.07) is 11.3. The van der Waals surface area contributed by atoms with E-state index in [0.717, 1.165) is 18.7 Å². The van der Waals surface area contributed by atoms with Gasteiger partial charge in [-0.3, -0.25) is 9.59 Å². The van der Waals surface area contributed by atoms with E-state index in [0.29, 0.717) is 33.4 Å². The van der Waals surface area contributed by atoms with Gasteiger partial charge in [0.25, 0.3) is 5.91 Å². The number of hydrogen-bond donors (Lipinski definition) is 4. The van der Waals surface area contributed by atoms with Crippen LogP contribution in [0.25, 0.3) is 10.4 Å². The number of anilines is 2. The summed E-state index contributed by atoms with van der Waals surface area (Å²) in [7, 11) is 1.78. The Kier molecular flexibility index (Phi) is 6.88. The lowest BCUT2D eigenvalue weighted by Crippen LogP contribution is -2.36. The summed E-state index contributed by atoms with van der Waals surface area (Å²) in [5.41, 5.74) is 6.11. The fourth-order valence-corrected chi connectivity index (χ4v) is 5.00. The number of hydrogen-bond acceptors (Lipinski definition) is 7. The van der Waals surface area contributed by atoms with E-state index >= 15 is 0 Å². The SMILES string of the molecule is CN1CCC(NCc2cccc(Nc3sc(-c4ccc(C(C)(C)O)cc4F)cc3C(N)=O)n2)C1=O. The third-order valence-electron chi connectivity index (χ3n) is 5.94. The first-order chi connectivity index (χ1) is 16.5. The Morgan fingerprint density at radius 1 is 1.31 bits per heavy atom. The Bertz CT molecular complexity index is 1270. The molecule has 2 amide bonds. The molecule has 1 unspecified atom stereocenters. The fourth-order valence-electron chi connectivity index (χ4n) is 3.90. The number of likely N-dealkylation sites (tertiary alicyclic amines) is 1. The third kappa shape index (κ3) is 5.50. The number of rotatable bonds is 8. The van der Waals surface area contributed by atoms with Crippen molar-refractivity contribution < 1.29 is 19.1 Å². The van der Waals surface area contributed by atoms with Crippen LogP contribution in [0, 0.1) is 5.82 Å². The normalized spacial score (nSPS) is 16.1. The average molecular weight is 498 g/mol. The van der Waals surface area contributed by atoms with E-state index in [2.05, 4.69) is 15.6 Å². The molecule has 1 aromatic carbocycles. The molecule has 0 saturated carbocycles. The van der Waals surface area contributed by atoms with Crippen LogP contribution in [0.5, 0.6) is 0 Å². The first-order valence-corrected chi connectivity index (χ1v) is 12.0. The molecule has 35 heavy (non-hydrogen) atoms. The van der Waals surface area contributed by atoms with E-state index in [1.54, 1.807) is 50.1 Å². The van der Waals surface area contributed by atoms with Gasteiger partial charge >= 0.3 is 0 Å². The van der Waals surface area contributed by atoms with Crippen molar-refractivity contribution in [2.75, 3.05) is 18.9 Å². The molecule has 0 spiro atoms. The van der Waals surface area contributed by atoms with Gasteiger partial charge in [-0.1, -0.05) is 18.2 Å². The van der Waals surface area contributed by atoms with Gasteiger partial charge in [-0.2, -0.15) is 0 Å². The van der Waals surface area contributed by atoms with Crippen molar-refractivity contribution >= 4 is 34.0 Å². The summed E-state index contributed by atoms with van der Waals surface area (Å²) in [6.07, 6.45) is 0.751. The van der Waals surface area contributed by atoms with Gasteiger partial charge in [0.1, 0.15) is 16.6 Å². The molecular formula is C25H28FN5O3S. The average Bonchev–Trinajstić information content (AvgIpc) is 3.35. The zero-order valence-electron chi connectivity index (χ0n) is 19.8. The number of carbonyl (C=O) groups excluding carboxylic acids is 2. The van der Waals surface area contributed by atoms with Crippen LogP contribution < -0.4 is 16.4 Å². The highest BCUT2D eigenvalue weighted by molar-refractivity contribution is 7.19. The topological polar surface area (TPSA) is 121 Å².